The third kappa shape index (κ3) is 9.84. The molecule has 0 saturated carbocycles. The van der Waals surface area contributed by atoms with E-state index >= 15 is 0 Å². The predicted molar refractivity (Wildman–Crippen MR) is 52.1 cm³/mol. The first-order valence-electron chi connectivity index (χ1n) is 3.98. The summed E-state index contributed by atoms with van der Waals surface area (Å²) >= 11 is 0. The molecule has 16 heavy (non-hydrogen) atoms. The Balaban J connectivity index is 0.000000205. The normalized spacial score (nSPS) is 7.50. The van der Waals surface area contributed by atoms with Crippen molar-refractivity contribution in [3.63, 3.8) is 0 Å². The van der Waals surface area contributed by atoms with Crippen LogP contribution in [0.15, 0.2) is 18.2 Å². The van der Waals surface area contributed by atoms with Gasteiger partial charge in [0.2, 0.25) is 0 Å². The molecule has 0 saturated heterocycles. The zero-order valence-electron chi connectivity index (χ0n) is 8.02. The van der Waals surface area contributed by atoms with E-state index in [0.717, 1.165) is 0 Å². The van der Waals surface area contributed by atoms with E-state index in [1.165, 1.54) is 0 Å². The van der Waals surface area contributed by atoms with Crippen LogP contribution in [0.4, 0.5) is 0 Å². The maximum Gasteiger partial charge on any atom is 3.00 e. The molecule has 0 aliphatic rings. The number of hydrogen-bond donors (Lipinski definition) is 0. The van der Waals surface area contributed by atoms with E-state index in [0.29, 0.717) is 0 Å². The van der Waals surface area contributed by atoms with Crippen LogP contribution in [0.5, 0.6) is 0 Å². The minimum Gasteiger partial charge on any atom is -0.999 e. The van der Waals surface area contributed by atoms with Gasteiger partial charge in [0, 0.05) is 0 Å². The summed E-state index contributed by atoms with van der Waals surface area (Å²) in [5.41, 5.74) is 0. The Hall–Kier alpha value is -0.703. The molecule has 0 aromatic heterocycles. The Bertz CT molecular complexity index is 237. The van der Waals surface area contributed by atoms with Crippen LogP contribution < -0.4 is 0 Å². The van der Waals surface area contributed by atoms with Gasteiger partial charge in [0.05, 0.1) is 0 Å². The van der Waals surface area contributed by atoms with Crippen LogP contribution in [0.3, 0.4) is 0 Å². The van der Waals surface area contributed by atoms with Crippen molar-refractivity contribution < 1.29 is 37.3 Å². The molecule has 0 heterocycles. The van der Waals surface area contributed by atoms with E-state index in [-0.39, 0.29) is 37.3 Å². The first kappa shape index (κ1) is 15.3. The first-order chi connectivity index (χ1) is 7.50. The third-order valence-electron chi connectivity index (χ3n) is 1.05. The van der Waals surface area contributed by atoms with Crippen molar-refractivity contribution in [2.75, 3.05) is 0 Å². The maximum absolute atomic E-state index is 2.62. The largest absolute Gasteiger partial charge is 3.00 e. The van der Waals surface area contributed by atoms with Crippen LogP contribution in [0.25, 0.3) is 0 Å². The van der Waals surface area contributed by atoms with Crippen LogP contribution in [0.1, 0.15) is 0 Å². The molecule has 0 atom stereocenters. The van der Waals surface area contributed by atoms with Gasteiger partial charge >= 0.3 is 37.3 Å². The zero-order valence-corrected chi connectivity index (χ0v) is 9.87. The molecule has 0 aliphatic carbocycles. The first-order valence-corrected chi connectivity index (χ1v) is 3.98. The van der Waals surface area contributed by atoms with Crippen LogP contribution in [0, 0.1) is 110 Å². The summed E-state index contributed by atoms with van der Waals surface area (Å²) in [7, 11) is 0. The molecule has 3 aromatic rings. The van der Waals surface area contributed by atoms with Gasteiger partial charge in [0.1, 0.15) is 0 Å². The maximum atomic E-state index is 2.62. The average molecular weight is 350 g/mol. The molecular weight excluding hydrogens is 347 g/mol. The van der Waals surface area contributed by atoms with Gasteiger partial charge in [-0.3, -0.25) is 0 Å². The standard InChI is InChI=1S/3C5H.Er/c3*1-2-4-5-3-1;/h3*1H;/q3*-5;+3. The summed E-state index contributed by atoms with van der Waals surface area (Å²) in [6.07, 6.45) is 0. The van der Waals surface area contributed by atoms with E-state index in [4.69, 9.17) is 0 Å². The summed E-state index contributed by atoms with van der Waals surface area (Å²) in [6, 6.07) is 36.0. The van der Waals surface area contributed by atoms with Gasteiger partial charge in [0.15, 0.2) is 0 Å². The van der Waals surface area contributed by atoms with Crippen LogP contribution in [-0.2, 0) is 0 Å². The van der Waals surface area contributed by atoms with Gasteiger partial charge in [-0.25, -0.2) is 0 Å². The van der Waals surface area contributed by atoms with Crippen molar-refractivity contribution in [1.29, 1.82) is 0 Å². The third-order valence-corrected chi connectivity index (χ3v) is 1.05. The quantitative estimate of drug-likeness (QED) is 0.543. The summed E-state index contributed by atoms with van der Waals surface area (Å²) in [5.74, 6) is 0. The summed E-state index contributed by atoms with van der Waals surface area (Å²) in [6.45, 7) is 0. The average Bonchev–Trinajstić information content (AvgIpc) is 3.09. The van der Waals surface area contributed by atoms with E-state index in [9.17, 15) is 0 Å². The van der Waals surface area contributed by atoms with Crippen LogP contribution >= 0.6 is 0 Å². The molecule has 0 unspecified atom stereocenters. The van der Waals surface area contributed by atoms with Gasteiger partial charge < -0.3 is 91.0 Å². The Morgan fingerprint density at radius 3 is 0.625 bits per heavy atom. The Morgan fingerprint density at radius 2 is 0.562 bits per heavy atom. The Labute approximate surface area is 127 Å². The minimum atomic E-state index is 0. The second-order valence-corrected chi connectivity index (χ2v) is 2.05. The van der Waals surface area contributed by atoms with Crippen molar-refractivity contribution in [3.05, 3.63) is 91.0 Å². The van der Waals surface area contributed by atoms with Crippen molar-refractivity contribution in [2.45, 2.75) is 0 Å². The monoisotopic (exact) mass is 349 g/mol. The molecule has 0 spiro atoms. The van der Waals surface area contributed by atoms with Crippen LogP contribution in [-0.4, -0.2) is 0 Å². The molecule has 3 rings (SSSR count). The number of rotatable bonds is 0. The number of hydrogen-bond acceptors (Lipinski definition) is 0. The van der Waals surface area contributed by atoms with Crippen molar-refractivity contribution in [3.8, 4) is 0 Å². The Morgan fingerprint density at radius 1 is 0.375 bits per heavy atom. The van der Waals surface area contributed by atoms with E-state index in [1.807, 2.05) is 0 Å². The smallest absolute Gasteiger partial charge is 0.999 e. The molecule has 0 fully saturated rings. The minimum absolute atomic E-state index is 0. The molecule has 0 aliphatic heterocycles. The van der Waals surface area contributed by atoms with E-state index < -0.39 is 0 Å². The fourth-order valence-corrected chi connectivity index (χ4v) is 0.541. The molecule has 0 nitrogen and oxygen atoms in total. The van der Waals surface area contributed by atoms with Crippen molar-refractivity contribution in [1.82, 2.24) is 0 Å². The van der Waals surface area contributed by atoms with Gasteiger partial charge in [-0.1, -0.05) is 0 Å². The van der Waals surface area contributed by atoms with Gasteiger partial charge in [0.25, 0.3) is 0 Å². The Kier molecular flexibility index (Phi) is 11.8. The van der Waals surface area contributed by atoms with Crippen LogP contribution in [0.2, 0.25) is 0 Å². The SMILES string of the molecule is [Er+3].[c-]1[c-][c-][cH-][c-]1.[c-]1[c-][c-][cH-][c-]1.[c-]1[c-][c-][cH-][c-]1. The summed E-state index contributed by atoms with van der Waals surface area (Å²) < 4.78 is 0. The molecular formula is C15H3Er-12. The molecule has 0 amide bonds. The van der Waals surface area contributed by atoms with Crippen molar-refractivity contribution >= 4 is 0 Å². The summed E-state index contributed by atoms with van der Waals surface area (Å²) in [4.78, 5) is 0. The van der Waals surface area contributed by atoms with E-state index in [1.54, 1.807) is 18.2 Å². The predicted octanol–water partition coefficient (Wildman–Crippen LogP) is 1.82. The fourth-order valence-electron chi connectivity index (χ4n) is 0.541. The molecule has 0 bridgehead atoms. The molecule has 1 radical (unpaired) electrons. The topological polar surface area (TPSA) is 0 Å². The molecule has 0 N–H and O–H groups in total. The van der Waals surface area contributed by atoms with Gasteiger partial charge in [-0.05, 0) is 0 Å². The summed E-state index contributed by atoms with van der Waals surface area (Å²) in [5, 5.41) is 0. The van der Waals surface area contributed by atoms with E-state index in [2.05, 4.69) is 72.8 Å². The second-order valence-electron chi connectivity index (χ2n) is 2.05. The fraction of sp³-hybridized carbons (Fsp3) is 0. The second kappa shape index (κ2) is 12.4. The van der Waals surface area contributed by atoms with Gasteiger partial charge in [-0.15, -0.1) is 0 Å². The molecule has 87 valence electrons. The van der Waals surface area contributed by atoms with Crippen molar-refractivity contribution in [2.24, 2.45) is 0 Å². The molecule has 3 aromatic carbocycles. The molecule has 1 heteroatoms. The van der Waals surface area contributed by atoms with Gasteiger partial charge in [-0.2, -0.15) is 0 Å². The zero-order chi connectivity index (χ0) is 10.6.